The van der Waals surface area contributed by atoms with Crippen LogP contribution in [0.3, 0.4) is 0 Å². The van der Waals surface area contributed by atoms with Crippen LogP contribution in [0.4, 0.5) is 0 Å². The van der Waals surface area contributed by atoms with E-state index in [-0.39, 0.29) is 0 Å². The molecule has 4 rings (SSSR count). The van der Waals surface area contributed by atoms with E-state index in [4.69, 9.17) is 9.26 Å². The molecule has 1 fully saturated rings. The summed E-state index contributed by atoms with van der Waals surface area (Å²) in [6.45, 7) is 3.93. The summed E-state index contributed by atoms with van der Waals surface area (Å²) in [4.78, 5) is 4.64. The Bertz CT molecular complexity index is 837. The first kappa shape index (κ1) is 15.4. The molecule has 24 heavy (non-hydrogen) atoms. The van der Waals surface area contributed by atoms with Crippen molar-refractivity contribution in [3.05, 3.63) is 36.0 Å². The summed E-state index contributed by atoms with van der Waals surface area (Å²) in [5.74, 6) is 0.851. The summed E-state index contributed by atoms with van der Waals surface area (Å²) in [6.07, 6.45) is 6.95. The van der Waals surface area contributed by atoms with Crippen LogP contribution in [0, 0.1) is 13.8 Å². The standard InChI is InChI=1S/C19H23N3O2/c1-12-19(13(2)24-21-12)14-4-9-18-17(10-14)20-11-22(18)15-5-7-16(23-3)8-6-15/h4,9-11,15-16H,5-8H2,1-3H3. The van der Waals surface area contributed by atoms with Crippen LogP contribution in [0.15, 0.2) is 29.0 Å². The highest BCUT2D eigenvalue weighted by atomic mass is 16.5. The summed E-state index contributed by atoms with van der Waals surface area (Å²) in [7, 11) is 1.81. The van der Waals surface area contributed by atoms with Gasteiger partial charge in [0.25, 0.3) is 0 Å². The number of imidazole rings is 1. The number of rotatable bonds is 3. The minimum absolute atomic E-state index is 0.419. The fourth-order valence-corrected chi connectivity index (χ4v) is 3.93. The zero-order valence-electron chi connectivity index (χ0n) is 14.5. The molecule has 0 amide bonds. The molecule has 2 aromatic heterocycles. The normalized spacial score (nSPS) is 21.5. The van der Waals surface area contributed by atoms with E-state index in [1.165, 1.54) is 5.52 Å². The summed E-state index contributed by atoms with van der Waals surface area (Å²) < 4.78 is 13.1. The van der Waals surface area contributed by atoms with E-state index in [0.29, 0.717) is 12.1 Å². The van der Waals surface area contributed by atoms with Crippen LogP contribution in [0.5, 0.6) is 0 Å². The van der Waals surface area contributed by atoms with Gasteiger partial charge in [-0.15, -0.1) is 0 Å². The number of fused-ring (bicyclic) bond motifs is 1. The third-order valence-electron chi connectivity index (χ3n) is 5.27. The van der Waals surface area contributed by atoms with Crippen LogP contribution in [-0.2, 0) is 4.74 Å². The molecule has 2 heterocycles. The van der Waals surface area contributed by atoms with E-state index < -0.39 is 0 Å². The molecule has 1 aliphatic rings. The maximum atomic E-state index is 5.48. The molecule has 0 unspecified atom stereocenters. The maximum absolute atomic E-state index is 5.48. The van der Waals surface area contributed by atoms with Gasteiger partial charge in [0.15, 0.2) is 0 Å². The fourth-order valence-electron chi connectivity index (χ4n) is 3.93. The van der Waals surface area contributed by atoms with Crippen LogP contribution in [-0.4, -0.2) is 27.9 Å². The van der Waals surface area contributed by atoms with E-state index in [9.17, 15) is 0 Å². The molecule has 0 saturated heterocycles. The highest BCUT2D eigenvalue weighted by molar-refractivity contribution is 5.83. The Kier molecular flexibility index (Phi) is 3.88. The maximum Gasteiger partial charge on any atom is 0.141 e. The molecule has 5 heteroatoms. The zero-order chi connectivity index (χ0) is 16.7. The molecular formula is C19H23N3O2. The zero-order valence-corrected chi connectivity index (χ0v) is 14.5. The number of aryl methyl sites for hydroxylation is 2. The van der Waals surface area contributed by atoms with Gasteiger partial charge in [-0.3, -0.25) is 0 Å². The Morgan fingerprint density at radius 2 is 1.96 bits per heavy atom. The first-order chi connectivity index (χ1) is 11.7. The van der Waals surface area contributed by atoms with Gasteiger partial charge in [0, 0.05) is 18.7 Å². The van der Waals surface area contributed by atoms with Crippen molar-refractivity contribution in [3.8, 4) is 11.1 Å². The predicted molar refractivity (Wildman–Crippen MR) is 93.0 cm³/mol. The number of methoxy groups -OCH3 is 1. The Labute approximate surface area is 141 Å². The van der Waals surface area contributed by atoms with E-state index in [0.717, 1.165) is 53.8 Å². The number of hydrogen-bond donors (Lipinski definition) is 0. The molecule has 0 radical (unpaired) electrons. The van der Waals surface area contributed by atoms with Crippen molar-refractivity contribution < 1.29 is 9.26 Å². The largest absolute Gasteiger partial charge is 0.381 e. The van der Waals surface area contributed by atoms with Crippen molar-refractivity contribution in [2.45, 2.75) is 51.7 Å². The van der Waals surface area contributed by atoms with E-state index in [1.54, 1.807) is 0 Å². The average molecular weight is 325 g/mol. The third-order valence-corrected chi connectivity index (χ3v) is 5.27. The van der Waals surface area contributed by atoms with Gasteiger partial charge < -0.3 is 13.8 Å². The van der Waals surface area contributed by atoms with Crippen molar-refractivity contribution in [2.24, 2.45) is 0 Å². The number of benzene rings is 1. The molecule has 0 atom stereocenters. The number of aromatic nitrogens is 3. The Morgan fingerprint density at radius 3 is 2.62 bits per heavy atom. The number of nitrogens with zero attached hydrogens (tertiary/aromatic N) is 3. The number of hydrogen-bond acceptors (Lipinski definition) is 4. The molecule has 0 spiro atoms. The lowest BCUT2D eigenvalue weighted by Gasteiger charge is -2.28. The Morgan fingerprint density at radius 1 is 1.17 bits per heavy atom. The van der Waals surface area contributed by atoms with E-state index in [1.807, 2.05) is 27.3 Å². The Hall–Kier alpha value is -2.14. The predicted octanol–water partition coefficient (Wildman–Crippen LogP) is 4.44. The van der Waals surface area contributed by atoms with E-state index >= 15 is 0 Å². The third kappa shape index (κ3) is 2.53. The van der Waals surface area contributed by atoms with Crippen LogP contribution in [0.25, 0.3) is 22.2 Å². The molecular weight excluding hydrogens is 302 g/mol. The molecule has 3 aromatic rings. The molecule has 1 aromatic carbocycles. The summed E-state index contributed by atoms with van der Waals surface area (Å²) in [5, 5.41) is 4.05. The lowest BCUT2D eigenvalue weighted by atomic mass is 9.92. The highest BCUT2D eigenvalue weighted by Gasteiger charge is 2.23. The van der Waals surface area contributed by atoms with Gasteiger partial charge in [0.2, 0.25) is 0 Å². The van der Waals surface area contributed by atoms with Gasteiger partial charge in [0.1, 0.15) is 5.76 Å². The first-order valence-corrected chi connectivity index (χ1v) is 8.60. The van der Waals surface area contributed by atoms with Crippen molar-refractivity contribution in [3.63, 3.8) is 0 Å². The SMILES string of the molecule is COC1CCC(n2cnc3cc(-c4c(C)noc4C)ccc32)CC1. The lowest BCUT2D eigenvalue weighted by molar-refractivity contribution is 0.0589. The van der Waals surface area contributed by atoms with Gasteiger partial charge in [-0.1, -0.05) is 11.2 Å². The second-order valence-corrected chi connectivity index (χ2v) is 6.72. The first-order valence-electron chi connectivity index (χ1n) is 8.60. The van der Waals surface area contributed by atoms with Gasteiger partial charge in [0.05, 0.1) is 29.2 Å². The minimum atomic E-state index is 0.419. The Balaban J connectivity index is 1.67. The van der Waals surface area contributed by atoms with Crippen LogP contribution in [0.1, 0.15) is 43.2 Å². The molecule has 1 aliphatic carbocycles. The smallest absolute Gasteiger partial charge is 0.141 e. The second-order valence-electron chi connectivity index (χ2n) is 6.72. The molecule has 0 bridgehead atoms. The summed E-state index contributed by atoms with van der Waals surface area (Å²) in [6, 6.07) is 6.98. The molecule has 0 N–H and O–H groups in total. The van der Waals surface area contributed by atoms with Crippen LogP contribution >= 0.6 is 0 Å². The molecule has 126 valence electrons. The van der Waals surface area contributed by atoms with Crippen molar-refractivity contribution in [2.75, 3.05) is 7.11 Å². The summed E-state index contributed by atoms with van der Waals surface area (Å²) >= 11 is 0. The number of ether oxygens (including phenoxy) is 1. The fraction of sp³-hybridized carbons (Fsp3) is 0.474. The van der Waals surface area contributed by atoms with E-state index in [2.05, 4.69) is 32.9 Å². The quantitative estimate of drug-likeness (QED) is 0.714. The summed E-state index contributed by atoms with van der Waals surface area (Å²) in [5.41, 5.74) is 5.34. The van der Waals surface area contributed by atoms with Crippen molar-refractivity contribution >= 4 is 11.0 Å². The lowest BCUT2D eigenvalue weighted by Crippen LogP contribution is -2.22. The van der Waals surface area contributed by atoms with Crippen LogP contribution in [0.2, 0.25) is 0 Å². The molecule has 0 aliphatic heterocycles. The van der Waals surface area contributed by atoms with Crippen LogP contribution < -0.4 is 0 Å². The minimum Gasteiger partial charge on any atom is -0.381 e. The van der Waals surface area contributed by atoms with Gasteiger partial charge in [-0.05, 0) is 57.2 Å². The highest BCUT2D eigenvalue weighted by Crippen LogP contribution is 2.34. The van der Waals surface area contributed by atoms with Crippen molar-refractivity contribution in [1.82, 2.24) is 14.7 Å². The second kappa shape index (κ2) is 6.06. The van der Waals surface area contributed by atoms with Gasteiger partial charge in [-0.2, -0.15) is 0 Å². The average Bonchev–Trinajstić information content (AvgIpc) is 3.17. The van der Waals surface area contributed by atoms with Gasteiger partial charge >= 0.3 is 0 Å². The monoisotopic (exact) mass is 325 g/mol. The van der Waals surface area contributed by atoms with Gasteiger partial charge in [-0.25, -0.2) is 4.98 Å². The molecule has 1 saturated carbocycles. The topological polar surface area (TPSA) is 53.1 Å². The van der Waals surface area contributed by atoms with Crippen molar-refractivity contribution in [1.29, 1.82) is 0 Å². The molecule has 5 nitrogen and oxygen atoms in total.